The molecule has 2 N–H and O–H groups in total. The maximum absolute atomic E-state index is 13.3. The maximum atomic E-state index is 13.3. The zero-order valence-corrected chi connectivity index (χ0v) is 15.3. The summed E-state index contributed by atoms with van der Waals surface area (Å²) in [5.74, 6) is -0.484. The highest BCUT2D eigenvalue weighted by Crippen LogP contribution is 2.16. The molecule has 0 saturated carbocycles. The van der Waals surface area contributed by atoms with E-state index in [1.165, 1.54) is 12.1 Å². The molecule has 0 atom stereocenters. The minimum atomic E-state index is -0.321. The maximum Gasteiger partial charge on any atom is 0.322 e. The fourth-order valence-corrected chi connectivity index (χ4v) is 2.31. The molecule has 26 heavy (non-hydrogen) atoms. The van der Waals surface area contributed by atoms with E-state index in [-0.39, 0.29) is 23.7 Å². The van der Waals surface area contributed by atoms with Crippen LogP contribution in [0, 0.1) is 11.7 Å². The van der Waals surface area contributed by atoms with E-state index in [2.05, 4.69) is 10.6 Å². The molecular weight excluding hydrogens is 333 g/mol. The van der Waals surface area contributed by atoms with Crippen molar-refractivity contribution in [1.29, 1.82) is 0 Å². The van der Waals surface area contributed by atoms with Crippen LogP contribution in [-0.2, 0) is 11.3 Å². The van der Waals surface area contributed by atoms with Crippen LogP contribution in [0.2, 0.25) is 0 Å². The van der Waals surface area contributed by atoms with Crippen LogP contribution in [0.25, 0.3) is 0 Å². The molecule has 0 radical (unpaired) electrons. The Morgan fingerprint density at radius 2 is 1.65 bits per heavy atom. The highest BCUT2D eigenvalue weighted by molar-refractivity contribution is 5.93. The van der Waals surface area contributed by atoms with E-state index >= 15 is 0 Å². The van der Waals surface area contributed by atoms with Gasteiger partial charge < -0.3 is 15.5 Å². The Kier molecular flexibility index (Phi) is 6.72. The van der Waals surface area contributed by atoms with Crippen molar-refractivity contribution in [1.82, 2.24) is 4.90 Å². The van der Waals surface area contributed by atoms with E-state index in [1.807, 2.05) is 20.8 Å². The number of nitrogens with zero attached hydrogens (tertiary/aromatic N) is 1. The van der Waals surface area contributed by atoms with Crippen molar-refractivity contribution < 1.29 is 14.0 Å². The molecule has 6 heteroatoms. The van der Waals surface area contributed by atoms with Crippen molar-refractivity contribution in [2.75, 3.05) is 17.2 Å². The Hall–Kier alpha value is -2.89. The number of hydrogen-bond donors (Lipinski definition) is 2. The first-order chi connectivity index (χ1) is 12.4. The third-order valence-corrected chi connectivity index (χ3v) is 3.86. The van der Waals surface area contributed by atoms with Crippen molar-refractivity contribution >= 4 is 23.3 Å². The molecule has 2 aromatic rings. The second-order valence-electron chi connectivity index (χ2n) is 6.30. The normalized spacial score (nSPS) is 10.5. The second-order valence-corrected chi connectivity index (χ2v) is 6.30. The van der Waals surface area contributed by atoms with Gasteiger partial charge in [0.1, 0.15) is 5.82 Å². The zero-order valence-electron chi connectivity index (χ0n) is 15.3. The summed E-state index contributed by atoms with van der Waals surface area (Å²) in [6.45, 7) is 6.32. The van der Waals surface area contributed by atoms with Gasteiger partial charge in [-0.2, -0.15) is 0 Å². The smallest absolute Gasteiger partial charge is 0.322 e. The summed E-state index contributed by atoms with van der Waals surface area (Å²) >= 11 is 0. The molecule has 0 spiro atoms. The van der Waals surface area contributed by atoms with Gasteiger partial charge in [0.05, 0.1) is 0 Å². The van der Waals surface area contributed by atoms with Gasteiger partial charge in [0.2, 0.25) is 5.91 Å². The van der Waals surface area contributed by atoms with Crippen molar-refractivity contribution in [2.24, 2.45) is 5.92 Å². The van der Waals surface area contributed by atoms with Gasteiger partial charge in [-0.3, -0.25) is 4.79 Å². The minimum Gasteiger partial charge on any atom is -0.326 e. The summed E-state index contributed by atoms with van der Waals surface area (Å²) in [4.78, 5) is 25.7. The fourth-order valence-electron chi connectivity index (χ4n) is 2.31. The molecule has 0 aliphatic heterocycles. The molecule has 0 aliphatic rings. The summed E-state index contributed by atoms with van der Waals surface area (Å²) in [7, 11) is 0. The van der Waals surface area contributed by atoms with Gasteiger partial charge in [-0.1, -0.05) is 26.0 Å². The summed E-state index contributed by atoms with van der Waals surface area (Å²) in [6, 6.07) is 12.9. The lowest BCUT2D eigenvalue weighted by Crippen LogP contribution is -2.34. The van der Waals surface area contributed by atoms with Crippen LogP contribution in [0.3, 0.4) is 0 Å². The van der Waals surface area contributed by atoms with E-state index in [9.17, 15) is 14.0 Å². The van der Waals surface area contributed by atoms with Crippen LogP contribution in [0.4, 0.5) is 20.6 Å². The highest BCUT2D eigenvalue weighted by atomic mass is 19.1. The Bertz CT molecular complexity index is 760. The number of benzene rings is 2. The third kappa shape index (κ3) is 5.58. The molecule has 0 bridgehead atoms. The molecular formula is C20H24FN3O2. The van der Waals surface area contributed by atoms with Gasteiger partial charge in [0.25, 0.3) is 0 Å². The van der Waals surface area contributed by atoms with Gasteiger partial charge in [0, 0.05) is 30.4 Å². The number of halogens is 1. The average Bonchev–Trinajstić information content (AvgIpc) is 2.61. The topological polar surface area (TPSA) is 61.4 Å². The first-order valence-corrected chi connectivity index (χ1v) is 8.60. The lowest BCUT2D eigenvalue weighted by molar-refractivity contribution is -0.118. The van der Waals surface area contributed by atoms with Crippen molar-refractivity contribution in [3.63, 3.8) is 0 Å². The molecule has 0 heterocycles. The Morgan fingerprint density at radius 3 is 2.19 bits per heavy atom. The number of carbonyl (C=O) groups is 2. The van der Waals surface area contributed by atoms with Gasteiger partial charge >= 0.3 is 6.03 Å². The van der Waals surface area contributed by atoms with Gasteiger partial charge in [-0.15, -0.1) is 0 Å². The van der Waals surface area contributed by atoms with Crippen LogP contribution in [-0.4, -0.2) is 23.4 Å². The zero-order chi connectivity index (χ0) is 19.1. The summed E-state index contributed by atoms with van der Waals surface area (Å²) in [5.41, 5.74) is 2.03. The molecule has 138 valence electrons. The lowest BCUT2D eigenvalue weighted by atomic mass is 10.2. The van der Waals surface area contributed by atoms with E-state index in [1.54, 1.807) is 41.3 Å². The number of carbonyl (C=O) groups excluding carboxylic acids is 2. The number of amides is 3. The van der Waals surface area contributed by atoms with Crippen LogP contribution in [0.15, 0.2) is 48.5 Å². The molecule has 2 aromatic carbocycles. The largest absolute Gasteiger partial charge is 0.326 e. The van der Waals surface area contributed by atoms with Crippen LogP contribution >= 0.6 is 0 Å². The van der Waals surface area contributed by atoms with Crippen LogP contribution in [0.5, 0.6) is 0 Å². The molecule has 0 saturated heterocycles. The Morgan fingerprint density at radius 1 is 1.04 bits per heavy atom. The van der Waals surface area contributed by atoms with Crippen molar-refractivity contribution in [3.8, 4) is 0 Å². The first-order valence-electron chi connectivity index (χ1n) is 8.60. The monoisotopic (exact) mass is 357 g/mol. The van der Waals surface area contributed by atoms with Crippen LogP contribution < -0.4 is 10.6 Å². The van der Waals surface area contributed by atoms with Gasteiger partial charge in [0.15, 0.2) is 0 Å². The molecule has 2 rings (SSSR count). The van der Waals surface area contributed by atoms with Gasteiger partial charge in [-0.25, -0.2) is 9.18 Å². The number of urea groups is 1. The molecule has 5 nitrogen and oxygen atoms in total. The number of nitrogens with one attached hydrogen (secondary N) is 2. The average molecular weight is 357 g/mol. The number of hydrogen-bond acceptors (Lipinski definition) is 2. The summed E-state index contributed by atoms with van der Waals surface area (Å²) in [5, 5.41) is 5.61. The SMILES string of the molecule is CCN(Cc1cccc(F)c1)C(=O)Nc1ccc(NC(=O)C(C)C)cc1. The second kappa shape index (κ2) is 8.99. The van der Waals surface area contributed by atoms with E-state index in [0.29, 0.717) is 24.5 Å². The number of rotatable bonds is 6. The van der Waals surface area contributed by atoms with Crippen molar-refractivity contribution in [2.45, 2.75) is 27.3 Å². The Balaban J connectivity index is 1.97. The molecule has 0 aliphatic carbocycles. The highest BCUT2D eigenvalue weighted by Gasteiger charge is 2.13. The first kappa shape index (κ1) is 19.4. The Labute approximate surface area is 153 Å². The summed E-state index contributed by atoms with van der Waals surface area (Å²) < 4.78 is 13.3. The predicted molar refractivity (Wildman–Crippen MR) is 101 cm³/mol. The van der Waals surface area contributed by atoms with Gasteiger partial charge in [-0.05, 0) is 48.9 Å². The molecule has 0 aromatic heterocycles. The predicted octanol–water partition coefficient (Wildman–Crippen LogP) is 4.47. The van der Waals surface area contributed by atoms with E-state index in [0.717, 1.165) is 5.56 Å². The van der Waals surface area contributed by atoms with E-state index < -0.39 is 0 Å². The molecule has 0 unspecified atom stereocenters. The quantitative estimate of drug-likeness (QED) is 0.801. The standard InChI is InChI=1S/C20H24FN3O2/c1-4-24(13-15-6-5-7-16(21)12-15)20(26)23-18-10-8-17(9-11-18)22-19(25)14(2)3/h5-12,14H,4,13H2,1-3H3,(H,22,25)(H,23,26). The third-order valence-electron chi connectivity index (χ3n) is 3.86. The number of anilines is 2. The van der Waals surface area contributed by atoms with Crippen LogP contribution in [0.1, 0.15) is 26.3 Å². The fraction of sp³-hybridized carbons (Fsp3) is 0.300. The summed E-state index contributed by atoms with van der Waals surface area (Å²) in [6.07, 6.45) is 0. The minimum absolute atomic E-state index is 0.0611. The molecule has 0 fully saturated rings. The molecule has 3 amide bonds. The van der Waals surface area contributed by atoms with Crippen molar-refractivity contribution in [3.05, 3.63) is 59.9 Å². The van der Waals surface area contributed by atoms with E-state index in [4.69, 9.17) is 0 Å². The lowest BCUT2D eigenvalue weighted by Gasteiger charge is -2.21.